The molecule has 0 atom stereocenters. The van der Waals surface area contributed by atoms with Gasteiger partial charge in [0.15, 0.2) is 0 Å². The maximum Gasteiger partial charge on any atom is 0.346 e. The first-order chi connectivity index (χ1) is 17.6. The number of carbonyl (C=O) groups excluding carboxylic acids is 2. The molecule has 188 valence electrons. The molecule has 4 rings (SSSR count). The predicted octanol–water partition coefficient (Wildman–Crippen LogP) is 7.35. The van der Waals surface area contributed by atoms with Gasteiger partial charge >= 0.3 is 11.9 Å². The Labute approximate surface area is 214 Å². The summed E-state index contributed by atoms with van der Waals surface area (Å²) >= 11 is 0. The second kappa shape index (κ2) is 10.3. The highest BCUT2D eigenvalue weighted by atomic mass is 19.1. The summed E-state index contributed by atoms with van der Waals surface area (Å²) in [5.41, 5.74) is 2.68. The van der Waals surface area contributed by atoms with Gasteiger partial charge in [-0.15, -0.1) is 0 Å². The Hall–Kier alpha value is -4.32. The van der Waals surface area contributed by atoms with E-state index in [-0.39, 0.29) is 11.1 Å². The van der Waals surface area contributed by atoms with Crippen molar-refractivity contribution in [3.63, 3.8) is 0 Å². The van der Waals surface area contributed by atoms with Crippen molar-refractivity contribution >= 4 is 11.9 Å². The Morgan fingerprint density at radius 3 is 1.35 bits per heavy atom. The molecule has 0 aliphatic carbocycles. The van der Waals surface area contributed by atoms with Crippen molar-refractivity contribution in [3.8, 4) is 11.5 Å². The van der Waals surface area contributed by atoms with Gasteiger partial charge in [-0.3, -0.25) is 0 Å². The third-order valence-corrected chi connectivity index (χ3v) is 6.39. The molecule has 0 saturated carbocycles. The summed E-state index contributed by atoms with van der Waals surface area (Å²) in [4.78, 5) is 24.9. The van der Waals surface area contributed by atoms with E-state index in [0.717, 1.165) is 22.3 Å². The Kier molecular flexibility index (Phi) is 7.21. The van der Waals surface area contributed by atoms with Gasteiger partial charge in [0.05, 0.1) is 11.1 Å². The van der Waals surface area contributed by atoms with E-state index in [2.05, 4.69) is 0 Å². The van der Waals surface area contributed by atoms with Crippen LogP contribution < -0.4 is 9.47 Å². The maximum absolute atomic E-state index is 13.9. The number of ether oxygens (including phenoxy) is 2. The van der Waals surface area contributed by atoms with Gasteiger partial charge in [-0.1, -0.05) is 62.4 Å². The van der Waals surface area contributed by atoms with Gasteiger partial charge in [0.25, 0.3) is 0 Å². The minimum Gasteiger partial charge on any atom is -0.423 e. The van der Waals surface area contributed by atoms with E-state index in [1.807, 2.05) is 52.0 Å². The summed E-state index contributed by atoms with van der Waals surface area (Å²) in [5.74, 6) is -2.10. The van der Waals surface area contributed by atoms with Crippen LogP contribution in [-0.4, -0.2) is 11.9 Å². The van der Waals surface area contributed by atoms with Crippen LogP contribution in [0.4, 0.5) is 8.78 Å². The SMILES string of the molecule is Cc1cc(C(C)(C)c2ccc(OC(=O)c3ccccc3F)c(C)c2)ccc1OC(=O)c1ccccc1F. The monoisotopic (exact) mass is 500 g/mol. The molecule has 0 bridgehead atoms. The standard InChI is InChI=1S/C31H26F2O4/c1-19-17-21(13-15-27(19)36-29(34)23-9-5-7-11-25(23)32)31(3,4)22-14-16-28(20(2)18-22)37-30(35)24-10-6-8-12-26(24)33/h5-18H,1-4H3. The van der Waals surface area contributed by atoms with Crippen LogP contribution in [0.3, 0.4) is 0 Å². The van der Waals surface area contributed by atoms with E-state index in [0.29, 0.717) is 11.5 Å². The molecular formula is C31H26F2O4. The van der Waals surface area contributed by atoms with E-state index >= 15 is 0 Å². The Morgan fingerprint density at radius 1 is 0.622 bits per heavy atom. The largest absolute Gasteiger partial charge is 0.423 e. The third kappa shape index (κ3) is 5.43. The van der Waals surface area contributed by atoms with Crippen molar-refractivity contribution in [3.05, 3.63) is 130 Å². The third-order valence-electron chi connectivity index (χ3n) is 6.39. The van der Waals surface area contributed by atoms with Gasteiger partial charge in [0.1, 0.15) is 23.1 Å². The highest BCUT2D eigenvalue weighted by Gasteiger charge is 2.26. The summed E-state index contributed by atoms with van der Waals surface area (Å²) in [5, 5.41) is 0. The number of esters is 2. The first-order valence-electron chi connectivity index (χ1n) is 11.7. The van der Waals surface area contributed by atoms with Crippen LogP contribution in [0.15, 0.2) is 84.9 Å². The van der Waals surface area contributed by atoms with Crippen LogP contribution in [0.1, 0.15) is 56.8 Å². The zero-order valence-corrected chi connectivity index (χ0v) is 21.0. The zero-order chi connectivity index (χ0) is 26.7. The average Bonchev–Trinajstić information content (AvgIpc) is 2.86. The highest BCUT2D eigenvalue weighted by molar-refractivity contribution is 5.92. The average molecular weight is 501 g/mol. The fraction of sp³-hybridized carbons (Fsp3) is 0.161. The fourth-order valence-electron chi connectivity index (χ4n) is 4.04. The van der Waals surface area contributed by atoms with Crippen molar-refractivity contribution in [1.82, 2.24) is 0 Å². The molecule has 0 spiro atoms. The van der Waals surface area contributed by atoms with Crippen LogP contribution in [-0.2, 0) is 5.41 Å². The lowest BCUT2D eigenvalue weighted by Crippen LogP contribution is -2.20. The van der Waals surface area contributed by atoms with Crippen molar-refractivity contribution in [2.24, 2.45) is 0 Å². The molecular weight excluding hydrogens is 474 g/mol. The van der Waals surface area contributed by atoms with Gasteiger partial charge in [0.2, 0.25) is 0 Å². The van der Waals surface area contributed by atoms with Gasteiger partial charge in [-0.05, 0) is 72.5 Å². The molecule has 0 unspecified atom stereocenters. The first-order valence-corrected chi connectivity index (χ1v) is 11.7. The summed E-state index contributed by atoms with van der Waals surface area (Å²) in [7, 11) is 0. The number of benzene rings is 4. The number of rotatable bonds is 6. The summed E-state index contributed by atoms with van der Waals surface area (Å²) in [6, 6.07) is 22.3. The molecule has 4 aromatic rings. The highest BCUT2D eigenvalue weighted by Crippen LogP contribution is 2.36. The molecule has 0 heterocycles. The number of hydrogen-bond acceptors (Lipinski definition) is 4. The summed E-state index contributed by atoms with van der Waals surface area (Å²) < 4.78 is 38.8. The second-order valence-electron chi connectivity index (χ2n) is 9.32. The van der Waals surface area contributed by atoms with Gasteiger partial charge in [0, 0.05) is 5.41 Å². The molecule has 6 heteroatoms. The summed E-state index contributed by atoms with van der Waals surface area (Å²) in [6.07, 6.45) is 0. The Balaban J connectivity index is 1.54. The van der Waals surface area contributed by atoms with Crippen LogP contribution in [0.2, 0.25) is 0 Å². The minimum absolute atomic E-state index is 0.127. The molecule has 0 aromatic heterocycles. The maximum atomic E-state index is 13.9. The van der Waals surface area contributed by atoms with Gasteiger partial charge in [-0.25, -0.2) is 18.4 Å². The fourth-order valence-corrected chi connectivity index (χ4v) is 4.04. The molecule has 0 aliphatic heterocycles. The molecule has 0 aliphatic rings. The van der Waals surface area contributed by atoms with Crippen molar-refractivity contribution < 1.29 is 27.8 Å². The molecule has 4 aromatic carbocycles. The van der Waals surface area contributed by atoms with E-state index < -0.39 is 29.0 Å². The molecule has 4 nitrogen and oxygen atoms in total. The Bertz CT molecular complexity index is 1380. The van der Waals surface area contributed by atoms with E-state index in [4.69, 9.17) is 9.47 Å². The molecule has 37 heavy (non-hydrogen) atoms. The second-order valence-corrected chi connectivity index (χ2v) is 9.32. The minimum atomic E-state index is -0.760. The zero-order valence-electron chi connectivity index (χ0n) is 21.0. The summed E-state index contributed by atoms with van der Waals surface area (Å²) in [6.45, 7) is 7.74. The van der Waals surface area contributed by atoms with Gasteiger partial charge in [-0.2, -0.15) is 0 Å². The molecule has 0 N–H and O–H groups in total. The number of halogens is 2. The van der Waals surface area contributed by atoms with Gasteiger partial charge < -0.3 is 9.47 Å². The van der Waals surface area contributed by atoms with Crippen LogP contribution in [0.25, 0.3) is 0 Å². The van der Waals surface area contributed by atoms with Crippen molar-refractivity contribution in [2.45, 2.75) is 33.1 Å². The van der Waals surface area contributed by atoms with E-state index in [9.17, 15) is 18.4 Å². The lowest BCUT2D eigenvalue weighted by molar-refractivity contribution is 0.0719. The quantitative estimate of drug-likeness (QED) is 0.205. The number of hydrogen-bond donors (Lipinski definition) is 0. The molecule has 0 saturated heterocycles. The lowest BCUT2D eigenvalue weighted by Gasteiger charge is -2.27. The first kappa shape index (κ1) is 25.8. The molecule has 0 radical (unpaired) electrons. The topological polar surface area (TPSA) is 52.6 Å². The lowest BCUT2D eigenvalue weighted by atomic mass is 9.77. The molecule has 0 amide bonds. The van der Waals surface area contributed by atoms with Crippen molar-refractivity contribution in [2.75, 3.05) is 0 Å². The number of aryl methyl sites for hydroxylation is 2. The van der Waals surface area contributed by atoms with Crippen LogP contribution in [0.5, 0.6) is 11.5 Å². The van der Waals surface area contributed by atoms with Crippen LogP contribution in [0, 0.1) is 25.5 Å². The van der Waals surface area contributed by atoms with E-state index in [1.54, 1.807) is 24.3 Å². The number of carbonyl (C=O) groups is 2. The smallest absolute Gasteiger partial charge is 0.346 e. The predicted molar refractivity (Wildman–Crippen MR) is 137 cm³/mol. The van der Waals surface area contributed by atoms with Crippen LogP contribution >= 0.6 is 0 Å². The molecule has 0 fully saturated rings. The van der Waals surface area contributed by atoms with E-state index in [1.165, 1.54) is 36.4 Å². The normalized spacial score (nSPS) is 11.2. The van der Waals surface area contributed by atoms with Crippen molar-refractivity contribution in [1.29, 1.82) is 0 Å². The Morgan fingerprint density at radius 2 is 1.00 bits per heavy atom.